The van der Waals surface area contributed by atoms with E-state index in [4.69, 9.17) is 21.1 Å². The van der Waals surface area contributed by atoms with Crippen molar-refractivity contribution in [2.24, 2.45) is 0 Å². The Morgan fingerprint density at radius 1 is 1.13 bits per heavy atom. The van der Waals surface area contributed by atoms with Crippen molar-refractivity contribution in [3.63, 3.8) is 0 Å². The number of piperazine rings is 1. The van der Waals surface area contributed by atoms with Crippen LogP contribution in [0.5, 0.6) is 11.5 Å². The predicted octanol–water partition coefficient (Wildman–Crippen LogP) is 3.52. The first kappa shape index (κ1) is 22.5. The first-order chi connectivity index (χ1) is 15.0. The number of carbonyl (C=O) groups excluding carboxylic acids is 1. The standard InChI is InChI=1S/C23H25ClN4O3/c1-30-21-13-20(22(31-2)12-19(21)24)26-15-18(14-25)23(29)28-10-8-27(9-11-28)16-17-6-4-3-5-7-17/h3-7,12-13,15,26H,8-11,16H2,1-2H3/b18-15-. The third-order valence-corrected chi connectivity index (χ3v) is 5.40. The quantitative estimate of drug-likeness (QED) is 0.524. The van der Waals surface area contributed by atoms with E-state index >= 15 is 0 Å². The monoisotopic (exact) mass is 440 g/mol. The molecule has 162 valence electrons. The summed E-state index contributed by atoms with van der Waals surface area (Å²) in [7, 11) is 3.02. The van der Waals surface area contributed by atoms with E-state index in [9.17, 15) is 10.1 Å². The van der Waals surface area contributed by atoms with Crippen LogP contribution in [0.15, 0.2) is 54.2 Å². The number of ether oxygens (including phenoxy) is 2. The Bertz CT molecular complexity index is 980. The van der Waals surface area contributed by atoms with E-state index in [1.165, 1.54) is 26.0 Å². The normalized spacial score (nSPS) is 14.6. The number of hydrogen-bond acceptors (Lipinski definition) is 6. The summed E-state index contributed by atoms with van der Waals surface area (Å²) in [5.74, 6) is 0.633. The number of carbonyl (C=O) groups is 1. The molecule has 0 atom stereocenters. The molecule has 1 N–H and O–H groups in total. The number of methoxy groups -OCH3 is 2. The molecule has 0 radical (unpaired) electrons. The van der Waals surface area contributed by atoms with Crippen molar-refractivity contribution in [1.82, 2.24) is 9.80 Å². The van der Waals surface area contributed by atoms with Gasteiger partial charge < -0.3 is 19.7 Å². The van der Waals surface area contributed by atoms with Gasteiger partial charge in [0.15, 0.2) is 0 Å². The fraction of sp³-hybridized carbons (Fsp3) is 0.304. The minimum atomic E-state index is -0.297. The van der Waals surface area contributed by atoms with E-state index in [2.05, 4.69) is 22.3 Å². The summed E-state index contributed by atoms with van der Waals surface area (Å²) in [6.45, 7) is 3.51. The maximum absolute atomic E-state index is 12.8. The van der Waals surface area contributed by atoms with Gasteiger partial charge in [-0.3, -0.25) is 9.69 Å². The lowest BCUT2D eigenvalue weighted by Crippen LogP contribution is -2.48. The van der Waals surface area contributed by atoms with Gasteiger partial charge in [0.1, 0.15) is 23.1 Å². The second kappa shape index (κ2) is 10.7. The Kier molecular flexibility index (Phi) is 7.76. The molecule has 0 aromatic heterocycles. The molecule has 1 aliphatic heterocycles. The zero-order valence-electron chi connectivity index (χ0n) is 17.6. The molecule has 31 heavy (non-hydrogen) atoms. The fourth-order valence-electron chi connectivity index (χ4n) is 3.39. The highest BCUT2D eigenvalue weighted by Gasteiger charge is 2.24. The third kappa shape index (κ3) is 5.69. The zero-order chi connectivity index (χ0) is 22.2. The van der Waals surface area contributed by atoms with Gasteiger partial charge in [-0.05, 0) is 5.56 Å². The summed E-state index contributed by atoms with van der Waals surface area (Å²) in [5, 5.41) is 12.9. The van der Waals surface area contributed by atoms with E-state index in [0.29, 0.717) is 35.3 Å². The van der Waals surface area contributed by atoms with Crippen molar-refractivity contribution < 1.29 is 14.3 Å². The van der Waals surface area contributed by atoms with Gasteiger partial charge in [0.2, 0.25) is 0 Å². The van der Waals surface area contributed by atoms with Crippen LogP contribution in [0.25, 0.3) is 0 Å². The van der Waals surface area contributed by atoms with E-state index in [1.807, 2.05) is 24.3 Å². The maximum Gasteiger partial charge on any atom is 0.266 e. The topological polar surface area (TPSA) is 77.8 Å². The molecule has 1 heterocycles. The Hall–Kier alpha value is -3.21. The summed E-state index contributed by atoms with van der Waals surface area (Å²) in [4.78, 5) is 16.9. The molecule has 1 aliphatic rings. The molecular formula is C23H25ClN4O3. The highest BCUT2D eigenvalue weighted by Crippen LogP contribution is 2.36. The number of hydrogen-bond donors (Lipinski definition) is 1. The average Bonchev–Trinajstić information content (AvgIpc) is 2.81. The van der Waals surface area contributed by atoms with Crippen LogP contribution in [0, 0.1) is 11.3 Å². The minimum absolute atomic E-state index is 0.0208. The summed E-state index contributed by atoms with van der Waals surface area (Å²) in [6, 6.07) is 15.5. The molecule has 0 unspecified atom stereocenters. The minimum Gasteiger partial charge on any atom is -0.495 e. The summed E-state index contributed by atoms with van der Waals surface area (Å²) in [5.41, 5.74) is 1.81. The Morgan fingerprint density at radius 2 is 1.81 bits per heavy atom. The van der Waals surface area contributed by atoms with Gasteiger partial charge in [-0.25, -0.2) is 0 Å². The predicted molar refractivity (Wildman–Crippen MR) is 120 cm³/mol. The summed E-state index contributed by atoms with van der Waals surface area (Å²) >= 11 is 6.12. The van der Waals surface area contributed by atoms with Gasteiger partial charge in [0, 0.05) is 51.1 Å². The van der Waals surface area contributed by atoms with E-state index in [0.717, 1.165) is 19.6 Å². The van der Waals surface area contributed by atoms with Crippen molar-refractivity contribution >= 4 is 23.2 Å². The number of nitrogens with zero attached hydrogens (tertiary/aromatic N) is 3. The van der Waals surface area contributed by atoms with Gasteiger partial charge in [-0.2, -0.15) is 5.26 Å². The van der Waals surface area contributed by atoms with Crippen LogP contribution < -0.4 is 14.8 Å². The van der Waals surface area contributed by atoms with Crippen LogP contribution in [0.2, 0.25) is 5.02 Å². The van der Waals surface area contributed by atoms with Gasteiger partial charge in [-0.15, -0.1) is 0 Å². The second-order valence-corrected chi connectivity index (χ2v) is 7.46. The van der Waals surface area contributed by atoms with Crippen molar-refractivity contribution in [3.8, 4) is 17.6 Å². The van der Waals surface area contributed by atoms with Crippen molar-refractivity contribution in [2.45, 2.75) is 6.54 Å². The van der Waals surface area contributed by atoms with E-state index in [-0.39, 0.29) is 11.5 Å². The molecule has 7 nitrogen and oxygen atoms in total. The molecule has 0 spiro atoms. The lowest BCUT2D eigenvalue weighted by Gasteiger charge is -2.34. The Balaban J connectivity index is 1.63. The molecule has 3 rings (SSSR count). The number of amides is 1. The number of halogens is 1. The maximum atomic E-state index is 12.8. The molecule has 0 bridgehead atoms. The molecule has 1 fully saturated rings. The van der Waals surface area contributed by atoms with Crippen molar-refractivity contribution in [3.05, 3.63) is 64.8 Å². The first-order valence-corrected chi connectivity index (χ1v) is 10.3. The summed E-state index contributed by atoms with van der Waals surface area (Å²) < 4.78 is 10.5. The Labute approximate surface area is 187 Å². The lowest BCUT2D eigenvalue weighted by molar-refractivity contribution is -0.128. The Morgan fingerprint density at radius 3 is 2.42 bits per heavy atom. The van der Waals surface area contributed by atoms with Crippen molar-refractivity contribution in [2.75, 3.05) is 45.7 Å². The van der Waals surface area contributed by atoms with Crippen LogP contribution in [0.4, 0.5) is 5.69 Å². The van der Waals surface area contributed by atoms with Gasteiger partial charge in [0.05, 0.1) is 24.9 Å². The van der Waals surface area contributed by atoms with Crippen LogP contribution in [-0.4, -0.2) is 56.1 Å². The first-order valence-electron chi connectivity index (χ1n) is 9.89. The van der Waals surface area contributed by atoms with Crippen LogP contribution >= 0.6 is 11.6 Å². The van der Waals surface area contributed by atoms with Crippen LogP contribution in [-0.2, 0) is 11.3 Å². The number of anilines is 1. The third-order valence-electron chi connectivity index (χ3n) is 5.11. The molecule has 0 aliphatic carbocycles. The number of nitrogens with one attached hydrogen (secondary N) is 1. The zero-order valence-corrected chi connectivity index (χ0v) is 18.4. The van der Waals surface area contributed by atoms with Crippen molar-refractivity contribution in [1.29, 1.82) is 5.26 Å². The molecule has 8 heteroatoms. The molecule has 2 aromatic carbocycles. The molecule has 1 saturated heterocycles. The highest BCUT2D eigenvalue weighted by molar-refractivity contribution is 6.32. The van der Waals surface area contributed by atoms with Crippen LogP contribution in [0.3, 0.4) is 0 Å². The largest absolute Gasteiger partial charge is 0.495 e. The van der Waals surface area contributed by atoms with E-state index < -0.39 is 0 Å². The molecule has 1 amide bonds. The van der Waals surface area contributed by atoms with Gasteiger partial charge in [-0.1, -0.05) is 41.9 Å². The van der Waals surface area contributed by atoms with Crippen LogP contribution in [0.1, 0.15) is 5.56 Å². The molecule has 2 aromatic rings. The van der Waals surface area contributed by atoms with Gasteiger partial charge in [0.25, 0.3) is 5.91 Å². The molecule has 0 saturated carbocycles. The highest BCUT2D eigenvalue weighted by atomic mass is 35.5. The number of nitriles is 1. The van der Waals surface area contributed by atoms with E-state index in [1.54, 1.807) is 17.0 Å². The average molecular weight is 441 g/mol. The summed E-state index contributed by atoms with van der Waals surface area (Å²) in [6.07, 6.45) is 1.39. The number of rotatable bonds is 7. The fourth-order valence-corrected chi connectivity index (χ4v) is 3.62. The number of benzene rings is 2. The SMILES string of the molecule is COc1cc(N/C=C(/C#N)C(=O)N2CCN(Cc3ccccc3)CC2)c(OC)cc1Cl. The lowest BCUT2D eigenvalue weighted by atomic mass is 10.2. The smallest absolute Gasteiger partial charge is 0.266 e. The molecular weight excluding hydrogens is 416 g/mol. The van der Waals surface area contributed by atoms with Gasteiger partial charge >= 0.3 is 0 Å². The second-order valence-electron chi connectivity index (χ2n) is 7.06.